The van der Waals surface area contributed by atoms with Crippen LogP contribution in [0.4, 0.5) is 4.79 Å². The summed E-state index contributed by atoms with van der Waals surface area (Å²) in [4.78, 5) is 14.7. The summed E-state index contributed by atoms with van der Waals surface area (Å²) in [6.07, 6.45) is 5.04. The van der Waals surface area contributed by atoms with Crippen LogP contribution in [0.2, 0.25) is 0 Å². The Hall–Kier alpha value is -1.59. The summed E-state index contributed by atoms with van der Waals surface area (Å²) >= 11 is 0. The first-order valence-electron chi connectivity index (χ1n) is 9.54. The smallest absolute Gasteiger partial charge is 0.315 e. The van der Waals surface area contributed by atoms with Crippen molar-refractivity contribution in [3.05, 3.63) is 35.4 Å². The quantitative estimate of drug-likeness (QED) is 0.742. The zero-order valence-electron chi connectivity index (χ0n) is 15.3. The molecule has 1 unspecified atom stereocenters. The molecule has 0 radical (unpaired) electrons. The van der Waals surface area contributed by atoms with Crippen LogP contribution in [0.25, 0.3) is 0 Å². The van der Waals surface area contributed by atoms with Gasteiger partial charge in [-0.1, -0.05) is 37.1 Å². The van der Waals surface area contributed by atoms with E-state index in [0.717, 1.165) is 51.7 Å². The van der Waals surface area contributed by atoms with E-state index in [9.17, 15) is 9.90 Å². The molecule has 3 rings (SSSR count). The van der Waals surface area contributed by atoms with Gasteiger partial charge in [-0.3, -0.25) is 4.90 Å². The predicted octanol–water partition coefficient (Wildman–Crippen LogP) is 2.42. The third kappa shape index (κ3) is 4.73. The van der Waals surface area contributed by atoms with E-state index < -0.39 is 5.54 Å². The number of aliphatic hydroxyl groups excluding tert-OH is 1. The number of likely N-dealkylation sites (tertiary alicyclic amines) is 1. The van der Waals surface area contributed by atoms with Gasteiger partial charge in [0, 0.05) is 19.6 Å². The van der Waals surface area contributed by atoms with Crippen molar-refractivity contribution in [3.63, 3.8) is 0 Å². The Balaban J connectivity index is 1.41. The second kappa shape index (κ2) is 8.19. The van der Waals surface area contributed by atoms with Crippen molar-refractivity contribution >= 4 is 6.03 Å². The van der Waals surface area contributed by atoms with E-state index in [1.807, 2.05) is 0 Å². The third-order valence-corrected chi connectivity index (χ3v) is 5.82. The van der Waals surface area contributed by atoms with E-state index in [2.05, 4.69) is 46.7 Å². The highest BCUT2D eigenvalue weighted by Gasteiger charge is 2.34. The number of amides is 2. The molecular formula is C20H31N3O2. The summed E-state index contributed by atoms with van der Waals surface area (Å²) in [6.45, 7) is 6.01. The summed E-state index contributed by atoms with van der Waals surface area (Å²) in [6, 6.07) is 8.41. The maximum atomic E-state index is 12.2. The molecule has 25 heavy (non-hydrogen) atoms. The Bertz CT molecular complexity index is 584. The van der Waals surface area contributed by atoms with Gasteiger partial charge in [-0.25, -0.2) is 4.79 Å². The van der Waals surface area contributed by atoms with Crippen molar-refractivity contribution < 1.29 is 9.90 Å². The SMILES string of the molecule is Cc1ccccc1CN1CCC(CNC(=O)NC2(CO)CCCC2)C1. The van der Waals surface area contributed by atoms with Crippen LogP contribution in [0.1, 0.15) is 43.2 Å². The average molecular weight is 345 g/mol. The van der Waals surface area contributed by atoms with Crippen molar-refractivity contribution in [1.82, 2.24) is 15.5 Å². The fourth-order valence-electron chi connectivity index (χ4n) is 4.15. The summed E-state index contributed by atoms with van der Waals surface area (Å²) in [5.41, 5.74) is 2.34. The first kappa shape index (κ1) is 18.2. The molecule has 0 spiro atoms. The van der Waals surface area contributed by atoms with E-state index in [1.54, 1.807) is 0 Å². The number of aliphatic hydroxyl groups is 1. The predicted molar refractivity (Wildman–Crippen MR) is 99.4 cm³/mol. The van der Waals surface area contributed by atoms with E-state index in [4.69, 9.17) is 0 Å². The highest BCUT2D eigenvalue weighted by atomic mass is 16.3. The number of nitrogens with zero attached hydrogens (tertiary/aromatic N) is 1. The summed E-state index contributed by atoms with van der Waals surface area (Å²) in [5.74, 6) is 0.503. The fourth-order valence-corrected chi connectivity index (χ4v) is 4.15. The number of urea groups is 1. The highest BCUT2D eigenvalue weighted by molar-refractivity contribution is 5.74. The molecule has 1 atom stereocenters. The number of carbonyl (C=O) groups is 1. The molecule has 138 valence electrons. The Kier molecular flexibility index (Phi) is 5.97. The zero-order valence-corrected chi connectivity index (χ0v) is 15.3. The Morgan fingerprint density at radius 3 is 2.80 bits per heavy atom. The van der Waals surface area contributed by atoms with Gasteiger partial charge in [0.1, 0.15) is 0 Å². The second-order valence-electron chi connectivity index (χ2n) is 7.80. The monoisotopic (exact) mass is 345 g/mol. The van der Waals surface area contributed by atoms with Gasteiger partial charge in [0.25, 0.3) is 0 Å². The van der Waals surface area contributed by atoms with Gasteiger partial charge < -0.3 is 15.7 Å². The van der Waals surface area contributed by atoms with E-state index in [-0.39, 0.29) is 12.6 Å². The minimum absolute atomic E-state index is 0.0358. The fraction of sp³-hybridized carbons (Fsp3) is 0.650. The molecule has 2 amide bonds. The normalized spacial score (nSPS) is 22.9. The molecule has 5 nitrogen and oxygen atoms in total. The molecule has 1 saturated heterocycles. The average Bonchev–Trinajstić information content (AvgIpc) is 3.25. The second-order valence-corrected chi connectivity index (χ2v) is 7.80. The van der Waals surface area contributed by atoms with Crippen LogP contribution in [0.15, 0.2) is 24.3 Å². The molecule has 1 aliphatic carbocycles. The molecule has 2 aliphatic rings. The van der Waals surface area contributed by atoms with E-state index in [1.165, 1.54) is 11.1 Å². The van der Waals surface area contributed by atoms with Gasteiger partial charge in [0.15, 0.2) is 0 Å². The number of hydrogen-bond donors (Lipinski definition) is 3. The lowest BCUT2D eigenvalue weighted by molar-refractivity contribution is 0.162. The largest absolute Gasteiger partial charge is 0.394 e. The van der Waals surface area contributed by atoms with Crippen molar-refractivity contribution in [2.75, 3.05) is 26.2 Å². The molecule has 3 N–H and O–H groups in total. The molecular weight excluding hydrogens is 314 g/mol. The van der Waals surface area contributed by atoms with Crippen molar-refractivity contribution in [2.45, 2.75) is 51.1 Å². The molecule has 0 aromatic heterocycles. The number of nitrogens with one attached hydrogen (secondary N) is 2. The summed E-state index contributed by atoms with van der Waals surface area (Å²) < 4.78 is 0. The number of carbonyl (C=O) groups excluding carboxylic acids is 1. The van der Waals surface area contributed by atoms with E-state index in [0.29, 0.717) is 12.5 Å². The molecule has 1 aliphatic heterocycles. The lowest BCUT2D eigenvalue weighted by atomic mass is 9.99. The minimum atomic E-state index is -0.392. The van der Waals surface area contributed by atoms with Crippen molar-refractivity contribution in [2.24, 2.45) is 5.92 Å². The van der Waals surface area contributed by atoms with Crippen molar-refractivity contribution in [3.8, 4) is 0 Å². The summed E-state index contributed by atoms with van der Waals surface area (Å²) in [5, 5.41) is 15.6. The highest BCUT2D eigenvalue weighted by Crippen LogP contribution is 2.29. The van der Waals surface area contributed by atoms with Crippen LogP contribution < -0.4 is 10.6 Å². The molecule has 0 bridgehead atoms. The van der Waals surface area contributed by atoms with Gasteiger partial charge in [-0.05, 0) is 49.8 Å². The molecule has 5 heteroatoms. The molecule has 1 saturated carbocycles. The maximum absolute atomic E-state index is 12.2. The molecule has 1 heterocycles. The summed E-state index contributed by atoms with van der Waals surface area (Å²) in [7, 11) is 0. The molecule has 1 aromatic rings. The first-order valence-corrected chi connectivity index (χ1v) is 9.54. The van der Waals surface area contributed by atoms with Gasteiger partial charge >= 0.3 is 6.03 Å². The van der Waals surface area contributed by atoms with Crippen LogP contribution in [0, 0.1) is 12.8 Å². The van der Waals surface area contributed by atoms with E-state index >= 15 is 0 Å². The Morgan fingerprint density at radius 1 is 1.32 bits per heavy atom. The van der Waals surface area contributed by atoms with Crippen LogP contribution >= 0.6 is 0 Å². The van der Waals surface area contributed by atoms with Gasteiger partial charge in [0.2, 0.25) is 0 Å². The number of hydrogen-bond acceptors (Lipinski definition) is 3. The van der Waals surface area contributed by atoms with Crippen LogP contribution in [-0.4, -0.2) is 47.8 Å². The standard InChI is InChI=1S/C20H31N3O2/c1-16-6-2-3-7-18(16)14-23-11-8-17(13-23)12-21-19(25)22-20(15-24)9-4-5-10-20/h2-3,6-7,17,24H,4-5,8-15H2,1H3,(H2,21,22,25). The Morgan fingerprint density at radius 2 is 2.08 bits per heavy atom. The minimum Gasteiger partial charge on any atom is -0.394 e. The van der Waals surface area contributed by atoms with Gasteiger partial charge in [-0.15, -0.1) is 0 Å². The number of benzene rings is 1. The first-order chi connectivity index (χ1) is 12.1. The van der Waals surface area contributed by atoms with Crippen LogP contribution in [0.5, 0.6) is 0 Å². The number of rotatable bonds is 6. The van der Waals surface area contributed by atoms with Gasteiger partial charge in [-0.2, -0.15) is 0 Å². The number of aryl methyl sites for hydroxylation is 1. The van der Waals surface area contributed by atoms with Crippen LogP contribution in [0.3, 0.4) is 0 Å². The van der Waals surface area contributed by atoms with Gasteiger partial charge in [0.05, 0.1) is 12.1 Å². The lowest BCUT2D eigenvalue weighted by Crippen LogP contribution is -2.53. The molecule has 1 aromatic carbocycles. The van der Waals surface area contributed by atoms with Crippen LogP contribution in [-0.2, 0) is 6.54 Å². The zero-order chi connectivity index (χ0) is 17.7. The lowest BCUT2D eigenvalue weighted by Gasteiger charge is -2.28. The maximum Gasteiger partial charge on any atom is 0.315 e. The van der Waals surface area contributed by atoms with Crippen molar-refractivity contribution in [1.29, 1.82) is 0 Å². The molecule has 2 fully saturated rings. The third-order valence-electron chi connectivity index (χ3n) is 5.82. The Labute approximate surface area is 150 Å². The topological polar surface area (TPSA) is 64.6 Å².